The number of rotatable bonds is 4. The van der Waals surface area contributed by atoms with Crippen molar-refractivity contribution >= 4 is 0 Å². The van der Waals surface area contributed by atoms with Gasteiger partial charge in [-0.1, -0.05) is 42.5 Å². The predicted octanol–water partition coefficient (Wildman–Crippen LogP) is 1.31. The first-order valence-electron chi connectivity index (χ1n) is 4.31. The molecular weight excluding hydrogens is 164 g/mol. The van der Waals surface area contributed by atoms with Crippen LogP contribution >= 0.6 is 0 Å². The van der Waals surface area contributed by atoms with E-state index in [4.69, 9.17) is 10.2 Å². The number of aliphatic hydroxyl groups excluding tert-OH is 2. The quantitative estimate of drug-likeness (QED) is 0.682. The van der Waals surface area contributed by atoms with Crippen molar-refractivity contribution in [3.05, 3.63) is 48.0 Å². The number of benzene rings is 1. The van der Waals surface area contributed by atoms with Gasteiger partial charge in [-0.3, -0.25) is 0 Å². The molecule has 0 aliphatic heterocycles. The summed E-state index contributed by atoms with van der Waals surface area (Å²) in [6.07, 6.45) is 3.46. The summed E-state index contributed by atoms with van der Waals surface area (Å²) in [6.45, 7) is 0.0871. The van der Waals surface area contributed by atoms with Gasteiger partial charge in [0, 0.05) is 5.92 Å². The molecule has 0 saturated carbocycles. The van der Waals surface area contributed by atoms with Gasteiger partial charge < -0.3 is 10.2 Å². The van der Waals surface area contributed by atoms with E-state index in [1.807, 2.05) is 36.4 Å². The summed E-state index contributed by atoms with van der Waals surface area (Å²) in [5, 5.41) is 17.7. The molecule has 70 valence electrons. The molecule has 0 aromatic heterocycles. The van der Waals surface area contributed by atoms with Gasteiger partial charge in [0.25, 0.3) is 0 Å². The van der Waals surface area contributed by atoms with Crippen molar-refractivity contribution in [2.75, 3.05) is 13.2 Å². The van der Waals surface area contributed by atoms with Crippen LogP contribution in [0.1, 0.15) is 11.5 Å². The van der Waals surface area contributed by atoms with E-state index in [1.165, 1.54) is 0 Å². The third-order valence-corrected chi connectivity index (χ3v) is 1.90. The van der Waals surface area contributed by atoms with E-state index < -0.39 is 0 Å². The van der Waals surface area contributed by atoms with Gasteiger partial charge >= 0.3 is 0 Å². The fourth-order valence-corrected chi connectivity index (χ4v) is 1.20. The molecular formula is C11H14O2. The summed E-state index contributed by atoms with van der Waals surface area (Å²) in [4.78, 5) is 0. The van der Waals surface area contributed by atoms with E-state index >= 15 is 0 Å². The standard InChI is InChI=1S/C11H14O2/c12-8-4-7-11(9-13)10-5-2-1-3-6-10/h1-7,11-13H,8-9H2/b7-4-/t11-/m1/s1. The second-order valence-corrected chi connectivity index (χ2v) is 2.81. The molecule has 0 radical (unpaired) electrons. The highest BCUT2D eigenvalue weighted by atomic mass is 16.3. The Morgan fingerprint density at radius 3 is 2.38 bits per heavy atom. The van der Waals surface area contributed by atoms with E-state index in [1.54, 1.807) is 6.08 Å². The molecule has 0 amide bonds. The van der Waals surface area contributed by atoms with E-state index in [0.717, 1.165) is 5.56 Å². The summed E-state index contributed by atoms with van der Waals surface area (Å²) in [6, 6.07) is 9.73. The van der Waals surface area contributed by atoms with Crippen molar-refractivity contribution in [3.63, 3.8) is 0 Å². The molecule has 2 nitrogen and oxygen atoms in total. The zero-order valence-electron chi connectivity index (χ0n) is 7.43. The Labute approximate surface area is 78.2 Å². The van der Waals surface area contributed by atoms with Crippen molar-refractivity contribution in [3.8, 4) is 0 Å². The van der Waals surface area contributed by atoms with Crippen LogP contribution < -0.4 is 0 Å². The smallest absolute Gasteiger partial charge is 0.0612 e. The van der Waals surface area contributed by atoms with Gasteiger partial charge in [-0.25, -0.2) is 0 Å². The molecule has 2 heteroatoms. The Balaban J connectivity index is 2.73. The summed E-state index contributed by atoms with van der Waals surface area (Å²) in [7, 11) is 0. The average Bonchev–Trinajstić information content (AvgIpc) is 2.21. The second kappa shape index (κ2) is 5.51. The lowest BCUT2D eigenvalue weighted by molar-refractivity contribution is 0.282. The molecule has 0 unspecified atom stereocenters. The molecule has 0 saturated heterocycles. The highest BCUT2D eigenvalue weighted by Gasteiger charge is 2.04. The van der Waals surface area contributed by atoms with Crippen LogP contribution in [0.2, 0.25) is 0 Å². The maximum absolute atomic E-state index is 9.07. The number of hydrogen-bond acceptors (Lipinski definition) is 2. The largest absolute Gasteiger partial charge is 0.395 e. The number of aliphatic hydroxyl groups is 2. The molecule has 1 rings (SSSR count). The average molecular weight is 178 g/mol. The van der Waals surface area contributed by atoms with Crippen molar-refractivity contribution in [1.82, 2.24) is 0 Å². The van der Waals surface area contributed by atoms with Crippen LogP contribution in [0.3, 0.4) is 0 Å². The molecule has 1 atom stereocenters. The Morgan fingerprint density at radius 2 is 1.85 bits per heavy atom. The molecule has 0 aliphatic carbocycles. The maximum Gasteiger partial charge on any atom is 0.0612 e. The molecule has 1 aromatic carbocycles. The molecule has 1 aromatic rings. The normalized spacial score (nSPS) is 13.4. The minimum Gasteiger partial charge on any atom is -0.395 e. The zero-order valence-corrected chi connectivity index (χ0v) is 7.43. The van der Waals surface area contributed by atoms with Crippen LogP contribution in [0.15, 0.2) is 42.5 Å². The van der Waals surface area contributed by atoms with E-state index in [0.29, 0.717) is 0 Å². The van der Waals surface area contributed by atoms with Crippen LogP contribution in [0.25, 0.3) is 0 Å². The van der Waals surface area contributed by atoms with Crippen molar-refractivity contribution < 1.29 is 10.2 Å². The minimum absolute atomic E-state index is 0.00616. The monoisotopic (exact) mass is 178 g/mol. The third kappa shape index (κ3) is 3.01. The Bertz CT molecular complexity index is 254. The van der Waals surface area contributed by atoms with Crippen molar-refractivity contribution in [2.45, 2.75) is 5.92 Å². The summed E-state index contributed by atoms with van der Waals surface area (Å²) in [5.41, 5.74) is 1.06. The molecule has 2 N–H and O–H groups in total. The van der Waals surface area contributed by atoms with Gasteiger partial charge in [0.1, 0.15) is 0 Å². The summed E-state index contributed by atoms with van der Waals surface area (Å²) in [5.74, 6) is -0.00616. The second-order valence-electron chi connectivity index (χ2n) is 2.81. The van der Waals surface area contributed by atoms with Crippen LogP contribution in [-0.4, -0.2) is 23.4 Å². The predicted molar refractivity (Wildman–Crippen MR) is 52.5 cm³/mol. The van der Waals surface area contributed by atoms with Crippen molar-refractivity contribution in [2.24, 2.45) is 0 Å². The fraction of sp³-hybridized carbons (Fsp3) is 0.273. The van der Waals surface area contributed by atoms with Crippen LogP contribution in [0.5, 0.6) is 0 Å². The maximum atomic E-state index is 9.07. The Kier molecular flexibility index (Phi) is 4.23. The lowest BCUT2D eigenvalue weighted by Gasteiger charge is -2.08. The van der Waals surface area contributed by atoms with Gasteiger partial charge in [0.05, 0.1) is 13.2 Å². The van der Waals surface area contributed by atoms with E-state index in [-0.39, 0.29) is 19.1 Å². The molecule has 0 aliphatic rings. The molecule has 0 bridgehead atoms. The van der Waals surface area contributed by atoms with Gasteiger partial charge in [-0.15, -0.1) is 0 Å². The van der Waals surface area contributed by atoms with Gasteiger partial charge in [0.2, 0.25) is 0 Å². The zero-order chi connectivity index (χ0) is 9.52. The lowest BCUT2D eigenvalue weighted by atomic mass is 10.00. The lowest BCUT2D eigenvalue weighted by Crippen LogP contribution is -2.00. The van der Waals surface area contributed by atoms with Crippen LogP contribution in [0, 0.1) is 0 Å². The van der Waals surface area contributed by atoms with E-state index in [2.05, 4.69) is 0 Å². The van der Waals surface area contributed by atoms with Crippen LogP contribution in [0.4, 0.5) is 0 Å². The molecule has 13 heavy (non-hydrogen) atoms. The summed E-state index contributed by atoms with van der Waals surface area (Å²) < 4.78 is 0. The topological polar surface area (TPSA) is 40.5 Å². The molecule has 0 fully saturated rings. The first-order chi connectivity index (χ1) is 6.38. The Hall–Kier alpha value is -1.12. The third-order valence-electron chi connectivity index (χ3n) is 1.90. The fourth-order valence-electron chi connectivity index (χ4n) is 1.20. The Morgan fingerprint density at radius 1 is 1.15 bits per heavy atom. The van der Waals surface area contributed by atoms with Gasteiger partial charge in [-0.05, 0) is 5.56 Å². The SMILES string of the molecule is OC/C=C\[C@H](CO)c1ccccc1. The molecule has 0 spiro atoms. The van der Waals surface area contributed by atoms with Gasteiger partial charge in [-0.2, -0.15) is 0 Å². The van der Waals surface area contributed by atoms with Crippen molar-refractivity contribution in [1.29, 1.82) is 0 Å². The number of hydrogen-bond donors (Lipinski definition) is 2. The molecule has 0 heterocycles. The van der Waals surface area contributed by atoms with E-state index in [9.17, 15) is 0 Å². The van der Waals surface area contributed by atoms with Gasteiger partial charge in [0.15, 0.2) is 0 Å². The first-order valence-corrected chi connectivity index (χ1v) is 4.31. The first kappa shape index (κ1) is 9.96. The highest BCUT2D eigenvalue weighted by Crippen LogP contribution is 2.15. The highest BCUT2D eigenvalue weighted by molar-refractivity contribution is 5.23. The summed E-state index contributed by atoms with van der Waals surface area (Å²) >= 11 is 0. The van der Waals surface area contributed by atoms with Crippen LogP contribution in [-0.2, 0) is 0 Å². The minimum atomic E-state index is -0.00616.